The Morgan fingerprint density at radius 3 is 1.58 bits per heavy atom. The summed E-state index contributed by atoms with van der Waals surface area (Å²) in [5.74, 6) is -4.67. The van der Waals surface area contributed by atoms with Crippen LogP contribution in [0.15, 0.2) is 97.2 Å². The molecule has 4 aromatic rings. The summed E-state index contributed by atoms with van der Waals surface area (Å²) in [7, 11) is 0. The average Bonchev–Trinajstić information content (AvgIpc) is 3.57. The molecule has 1 aromatic heterocycles. The van der Waals surface area contributed by atoms with Gasteiger partial charge in [0.1, 0.15) is 18.5 Å². The molecule has 13 heteroatoms. The van der Waals surface area contributed by atoms with Gasteiger partial charge < -0.3 is 40.7 Å². The van der Waals surface area contributed by atoms with Crippen LogP contribution in [0.3, 0.4) is 0 Å². The van der Waals surface area contributed by atoms with Gasteiger partial charge in [0.15, 0.2) is 18.4 Å². The summed E-state index contributed by atoms with van der Waals surface area (Å²) in [5.41, 5.74) is 17.1. The fourth-order valence-corrected chi connectivity index (χ4v) is 4.88. The van der Waals surface area contributed by atoms with E-state index in [9.17, 15) is 24.0 Å². The molecule has 230 valence electrons. The fraction of sp³-hybridized carbons (Fsp3) is 0.156. The molecule has 13 nitrogen and oxygen atoms in total. The quantitative estimate of drug-likeness (QED) is 0.176. The summed E-state index contributed by atoms with van der Waals surface area (Å²) >= 11 is 0. The second kappa shape index (κ2) is 13.1. The lowest BCUT2D eigenvalue weighted by Crippen LogP contribution is -2.41. The summed E-state index contributed by atoms with van der Waals surface area (Å²) in [6.07, 6.45) is -4.32. The van der Waals surface area contributed by atoms with Gasteiger partial charge in [-0.25, -0.2) is 14.4 Å². The molecule has 2 heterocycles. The van der Waals surface area contributed by atoms with E-state index in [1.54, 1.807) is 66.7 Å². The fourth-order valence-electron chi connectivity index (χ4n) is 4.88. The molecule has 6 N–H and O–H groups in total. The lowest BCUT2D eigenvalue weighted by Gasteiger charge is -2.25. The Morgan fingerprint density at radius 2 is 1.13 bits per heavy atom. The van der Waals surface area contributed by atoms with Crippen LogP contribution in [0.4, 0.5) is 5.82 Å². The molecule has 0 aliphatic carbocycles. The second-order valence-corrected chi connectivity index (χ2v) is 9.94. The number of nitrogen functional groups attached to an aromatic ring is 1. The van der Waals surface area contributed by atoms with Crippen molar-refractivity contribution in [2.24, 2.45) is 11.5 Å². The van der Waals surface area contributed by atoms with Crippen LogP contribution in [0, 0.1) is 0 Å². The van der Waals surface area contributed by atoms with Crippen molar-refractivity contribution in [3.63, 3.8) is 0 Å². The van der Waals surface area contributed by atoms with Gasteiger partial charge >= 0.3 is 17.9 Å². The van der Waals surface area contributed by atoms with Crippen LogP contribution >= 0.6 is 0 Å². The first-order valence-corrected chi connectivity index (χ1v) is 13.6. The molecule has 1 aliphatic rings. The van der Waals surface area contributed by atoms with Crippen LogP contribution in [0.1, 0.15) is 58.0 Å². The van der Waals surface area contributed by atoms with Gasteiger partial charge in [-0.05, 0) is 36.4 Å². The van der Waals surface area contributed by atoms with E-state index in [1.165, 1.54) is 24.3 Å². The van der Waals surface area contributed by atoms with Crippen molar-refractivity contribution in [1.29, 1.82) is 0 Å². The monoisotopic (exact) mass is 612 g/mol. The maximum atomic E-state index is 13.3. The zero-order valence-corrected chi connectivity index (χ0v) is 23.6. The van der Waals surface area contributed by atoms with E-state index >= 15 is 0 Å². The van der Waals surface area contributed by atoms with Gasteiger partial charge in [-0.2, -0.15) is 0 Å². The molecule has 45 heavy (non-hydrogen) atoms. The van der Waals surface area contributed by atoms with Crippen LogP contribution < -0.4 is 17.2 Å². The summed E-state index contributed by atoms with van der Waals surface area (Å²) in [6, 6.07) is 24.1. The Kier molecular flexibility index (Phi) is 8.91. The number of nitrogens with two attached hydrogens (primary N) is 3. The third-order valence-corrected chi connectivity index (χ3v) is 7.04. The number of nitrogens with zero attached hydrogens (tertiary/aromatic N) is 1. The number of rotatable bonds is 10. The highest BCUT2D eigenvalue weighted by Gasteiger charge is 2.52. The Hall–Kier alpha value is -5.95. The van der Waals surface area contributed by atoms with Crippen LogP contribution in [-0.4, -0.2) is 59.2 Å². The van der Waals surface area contributed by atoms with E-state index in [-0.39, 0.29) is 33.6 Å². The smallest absolute Gasteiger partial charge is 0.338 e. The third-order valence-electron chi connectivity index (χ3n) is 7.04. The molecule has 3 aromatic carbocycles. The van der Waals surface area contributed by atoms with Crippen LogP contribution in [-0.2, 0) is 18.9 Å². The van der Waals surface area contributed by atoms with E-state index in [0.29, 0.717) is 0 Å². The number of aromatic nitrogens is 1. The number of carbonyl (C=O) groups is 5. The maximum Gasteiger partial charge on any atom is 0.338 e. The number of primary amides is 2. The van der Waals surface area contributed by atoms with E-state index in [2.05, 4.69) is 0 Å². The predicted octanol–water partition coefficient (Wildman–Crippen LogP) is 2.47. The topological polar surface area (TPSA) is 205 Å². The molecule has 1 saturated heterocycles. The van der Waals surface area contributed by atoms with E-state index in [4.69, 9.17) is 36.1 Å². The number of ether oxygens (including phenoxy) is 4. The Bertz CT molecular complexity index is 1730. The summed E-state index contributed by atoms with van der Waals surface area (Å²) in [5, 5.41) is 0. The predicted molar refractivity (Wildman–Crippen MR) is 158 cm³/mol. The molecule has 0 spiro atoms. The normalized spacial score (nSPS) is 18.9. The zero-order valence-electron chi connectivity index (χ0n) is 23.6. The van der Waals surface area contributed by atoms with Gasteiger partial charge in [0.05, 0.1) is 27.8 Å². The van der Waals surface area contributed by atoms with Crippen molar-refractivity contribution < 1.29 is 42.9 Å². The highest BCUT2D eigenvalue weighted by Crippen LogP contribution is 2.38. The van der Waals surface area contributed by atoms with Gasteiger partial charge in [0.25, 0.3) is 11.8 Å². The third kappa shape index (κ3) is 6.53. The molecule has 5 rings (SSSR count). The van der Waals surface area contributed by atoms with Gasteiger partial charge in [-0.1, -0.05) is 54.6 Å². The van der Waals surface area contributed by atoms with Gasteiger partial charge in [-0.15, -0.1) is 0 Å². The van der Waals surface area contributed by atoms with E-state index in [1.807, 2.05) is 0 Å². The zero-order chi connectivity index (χ0) is 32.1. The number of hydrogen-bond acceptors (Lipinski definition) is 10. The minimum atomic E-state index is -1.44. The minimum Gasteiger partial charge on any atom is -0.459 e. The molecule has 0 bridgehead atoms. The number of hydrogen-bond donors (Lipinski definition) is 3. The number of anilines is 1. The Balaban J connectivity index is 1.56. The van der Waals surface area contributed by atoms with Crippen LogP contribution in [0.2, 0.25) is 0 Å². The molecule has 0 radical (unpaired) electrons. The molecule has 0 saturated carbocycles. The van der Waals surface area contributed by atoms with Crippen LogP contribution in [0.25, 0.3) is 0 Å². The highest BCUT2D eigenvalue weighted by atomic mass is 16.7. The van der Waals surface area contributed by atoms with Crippen molar-refractivity contribution in [2.75, 3.05) is 12.3 Å². The standard InChI is InChI=1S/C32H28N4O9/c33-26-23(28(35)38)21(27(34)37)16-36(26)29-25(45-32(41)20-14-8-3-9-15-20)24(44-31(40)19-12-6-2-7-13-19)22(43-29)17-42-30(39)18-10-4-1-5-11-18/h1-16,22,24-25,29H,17,33H2,(H2,34,37)(H2,35,38)/t22-,24-,25-,29-/m1/s1. The number of benzene rings is 3. The largest absolute Gasteiger partial charge is 0.459 e. The lowest BCUT2D eigenvalue weighted by atomic mass is 10.1. The van der Waals surface area contributed by atoms with Crippen molar-refractivity contribution in [3.8, 4) is 0 Å². The van der Waals surface area contributed by atoms with Crippen molar-refractivity contribution in [2.45, 2.75) is 24.5 Å². The Labute approximate surface area is 256 Å². The van der Waals surface area contributed by atoms with Crippen LogP contribution in [0.5, 0.6) is 0 Å². The molecular weight excluding hydrogens is 584 g/mol. The van der Waals surface area contributed by atoms with Gasteiger partial charge in [-0.3, -0.25) is 9.59 Å². The van der Waals surface area contributed by atoms with Gasteiger partial charge in [0, 0.05) is 6.20 Å². The van der Waals surface area contributed by atoms with Crippen molar-refractivity contribution >= 4 is 35.5 Å². The lowest BCUT2D eigenvalue weighted by molar-refractivity contribution is -0.0610. The molecule has 1 aliphatic heterocycles. The second-order valence-electron chi connectivity index (χ2n) is 9.94. The molecule has 1 fully saturated rings. The number of esters is 3. The number of carbonyl (C=O) groups excluding carboxylic acids is 5. The van der Waals surface area contributed by atoms with Crippen molar-refractivity contribution in [3.05, 3.63) is 125 Å². The summed E-state index contributed by atoms with van der Waals surface area (Å²) in [4.78, 5) is 63.8. The molecule has 4 atom stereocenters. The molecule has 0 unspecified atom stereocenters. The Morgan fingerprint density at radius 1 is 0.667 bits per heavy atom. The molecule has 2 amide bonds. The SMILES string of the molecule is NC(=O)c1cn([C@@H]2O[C@H](COC(=O)c3ccccc3)[C@@H](OC(=O)c3ccccc3)[C@H]2OC(=O)c2ccccc2)c(N)c1C(N)=O. The van der Waals surface area contributed by atoms with Gasteiger partial charge in [0.2, 0.25) is 0 Å². The highest BCUT2D eigenvalue weighted by molar-refractivity contribution is 6.09. The first kappa shape index (κ1) is 30.5. The average molecular weight is 613 g/mol. The number of amides is 2. The van der Waals surface area contributed by atoms with Crippen molar-refractivity contribution in [1.82, 2.24) is 4.57 Å². The van der Waals surface area contributed by atoms with E-state index < -0.39 is 60.9 Å². The first-order valence-electron chi connectivity index (χ1n) is 13.6. The summed E-state index contributed by atoms with van der Waals surface area (Å²) < 4.78 is 24.5. The summed E-state index contributed by atoms with van der Waals surface area (Å²) in [6.45, 7) is -0.455. The maximum absolute atomic E-state index is 13.3. The minimum absolute atomic E-state index is 0.166. The first-order chi connectivity index (χ1) is 21.7. The van der Waals surface area contributed by atoms with E-state index in [0.717, 1.165) is 10.8 Å². The molecular formula is C32H28N4O9.